The first kappa shape index (κ1) is 12.4. The lowest BCUT2D eigenvalue weighted by atomic mass is 9.90. The lowest BCUT2D eigenvalue weighted by Crippen LogP contribution is -2.24. The molecule has 0 amide bonds. The van der Waals surface area contributed by atoms with E-state index in [4.69, 9.17) is 0 Å². The molecule has 3 unspecified atom stereocenters. The molecule has 0 rings (SSSR count). The van der Waals surface area contributed by atoms with Crippen molar-refractivity contribution in [2.75, 3.05) is 0 Å². The Labute approximate surface area is 80.7 Å². The first-order chi connectivity index (χ1) is 5.99. The van der Waals surface area contributed by atoms with Crippen molar-refractivity contribution < 1.29 is 9.90 Å². The van der Waals surface area contributed by atoms with Crippen LogP contribution in [0.3, 0.4) is 0 Å². The highest BCUT2D eigenvalue weighted by molar-refractivity contribution is 5.75. The zero-order valence-corrected chi connectivity index (χ0v) is 8.79. The van der Waals surface area contributed by atoms with Crippen LogP contribution < -0.4 is 0 Å². The summed E-state index contributed by atoms with van der Waals surface area (Å²) in [6.07, 6.45) is 2.68. The molecule has 13 heavy (non-hydrogen) atoms. The van der Waals surface area contributed by atoms with Gasteiger partial charge in [-0.15, -0.1) is 6.58 Å². The summed E-state index contributed by atoms with van der Waals surface area (Å²) in [6, 6.07) is 0. The number of aliphatic hydroxyl groups excluding tert-OH is 1. The minimum absolute atomic E-state index is 0.0990. The van der Waals surface area contributed by atoms with Crippen molar-refractivity contribution >= 4 is 5.78 Å². The molecule has 1 N–H and O–H groups in total. The Kier molecular flexibility index (Phi) is 5.63. The van der Waals surface area contributed by atoms with Gasteiger partial charge in [-0.2, -0.15) is 0 Å². The first-order valence-corrected chi connectivity index (χ1v) is 4.79. The summed E-state index contributed by atoms with van der Waals surface area (Å²) in [6.45, 7) is 9.11. The number of carbonyl (C=O) groups is 1. The van der Waals surface area contributed by atoms with Crippen LogP contribution in [0.1, 0.15) is 33.6 Å². The lowest BCUT2D eigenvalue weighted by molar-refractivity contribution is -0.117. The second-order valence-corrected chi connectivity index (χ2v) is 3.80. The largest absolute Gasteiger partial charge is 0.392 e. The molecule has 0 fully saturated rings. The molecule has 0 aromatic carbocycles. The third-order valence-corrected chi connectivity index (χ3v) is 2.45. The monoisotopic (exact) mass is 184 g/mol. The number of ketones is 1. The van der Waals surface area contributed by atoms with E-state index in [0.29, 0.717) is 6.42 Å². The van der Waals surface area contributed by atoms with E-state index < -0.39 is 0 Å². The van der Waals surface area contributed by atoms with Gasteiger partial charge in [-0.05, 0) is 25.2 Å². The van der Waals surface area contributed by atoms with Gasteiger partial charge in [-0.1, -0.05) is 19.9 Å². The molecule has 0 saturated heterocycles. The van der Waals surface area contributed by atoms with E-state index in [-0.39, 0.29) is 23.7 Å². The highest BCUT2D eigenvalue weighted by Crippen LogP contribution is 2.18. The Morgan fingerprint density at radius 1 is 1.54 bits per heavy atom. The number of carbonyl (C=O) groups excluding carboxylic acids is 1. The number of Topliss-reactive ketones (excluding diaryl/α,β-unsaturated/α-hetero) is 1. The number of rotatable bonds is 6. The number of hydrogen-bond acceptors (Lipinski definition) is 2. The maximum absolute atomic E-state index is 10.7. The van der Waals surface area contributed by atoms with Crippen molar-refractivity contribution in [1.29, 1.82) is 0 Å². The van der Waals surface area contributed by atoms with Crippen molar-refractivity contribution in [2.24, 2.45) is 11.8 Å². The smallest absolute Gasteiger partial charge is 0.129 e. The van der Waals surface area contributed by atoms with Gasteiger partial charge in [0.05, 0.1) is 6.10 Å². The van der Waals surface area contributed by atoms with Gasteiger partial charge in [0.2, 0.25) is 0 Å². The molecule has 0 spiro atoms. The second kappa shape index (κ2) is 5.92. The molecule has 2 nitrogen and oxygen atoms in total. The molecule has 0 aromatic rings. The van der Waals surface area contributed by atoms with Crippen LogP contribution in [0.5, 0.6) is 0 Å². The average Bonchev–Trinajstić information content (AvgIpc) is 2.11. The van der Waals surface area contributed by atoms with Gasteiger partial charge in [-0.3, -0.25) is 0 Å². The highest BCUT2D eigenvalue weighted by atomic mass is 16.3. The fraction of sp³-hybridized carbons (Fsp3) is 0.727. The lowest BCUT2D eigenvalue weighted by Gasteiger charge is -2.22. The normalized spacial score (nSPS) is 17.5. The van der Waals surface area contributed by atoms with Crippen LogP contribution in [-0.4, -0.2) is 17.0 Å². The van der Waals surface area contributed by atoms with Crippen LogP contribution in [0.2, 0.25) is 0 Å². The summed E-state index contributed by atoms with van der Waals surface area (Å²) in [5, 5.41) is 9.72. The average molecular weight is 184 g/mol. The van der Waals surface area contributed by atoms with E-state index in [9.17, 15) is 9.90 Å². The summed E-state index contributed by atoms with van der Waals surface area (Å²) in [5.41, 5.74) is 0. The van der Waals surface area contributed by atoms with E-state index >= 15 is 0 Å². The molecule has 0 radical (unpaired) electrons. The minimum Gasteiger partial charge on any atom is -0.392 e. The van der Waals surface area contributed by atoms with Gasteiger partial charge in [-0.25, -0.2) is 0 Å². The zero-order chi connectivity index (χ0) is 10.4. The third kappa shape index (κ3) is 4.83. The Morgan fingerprint density at radius 2 is 2.08 bits per heavy atom. The minimum atomic E-state index is -0.378. The maximum atomic E-state index is 10.7. The summed E-state index contributed by atoms with van der Waals surface area (Å²) < 4.78 is 0. The molecule has 0 aliphatic rings. The molecular formula is C11H20O2. The van der Waals surface area contributed by atoms with Crippen LogP contribution in [-0.2, 0) is 4.79 Å². The van der Waals surface area contributed by atoms with Crippen LogP contribution in [0.4, 0.5) is 0 Å². The predicted octanol–water partition coefficient (Wildman–Crippen LogP) is 2.17. The molecule has 0 aliphatic heterocycles. The zero-order valence-electron chi connectivity index (χ0n) is 8.79. The van der Waals surface area contributed by atoms with Gasteiger partial charge in [0.15, 0.2) is 0 Å². The molecule has 0 bridgehead atoms. The summed E-state index contributed by atoms with van der Waals surface area (Å²) in [7, 11) is 0. The van der Waals surface area contributed by atoms with E-state index in [1.807, 2.05) is 13.8 Å². The Bertz CT molecular complexity index is 175. The van der Waals surface area contributed by atoms with Crippen molar-refractivity contribution in [3.63, 3.8) is 0 Å². The molecule has 0 aliphatic carbocycles. The van der Waals surface area contributed by atoms with Crippen molar-refractivity contribution in [1.82, 2.24) is 0 Å². The molecule has 3 atom stereocenters. The highest BCUT2D eigenvalue weighted by Gasteiger charge is 2.18. The van der Waals surface area contributed by atoms with Crippen LogP contribution in [0.25, 0.3) is 0 Å². The fourth-order valence-corrected chi connectivity index (χ4v) is 1.26. The van der Waals surface area contributed by atoms with Gasteiger partial charge in [0, 0.05) is 6.42 Å². The van der Waals surface area contributed by atoms with Crippen molar-refractivity contribution in [2.45, 2.75) is 39.7 Å². The predicted molar refractivity (Wildman–Crippen MR) is 54.4 cm³/mol. The topological polar surface area (TPSA) is 37.3 Å². The summed E-state index contributed by atoms with van der Waals surface area (Å²) >= 11 is 0. The quantitative estimate of drug-likeness (QED) is 0.642. The summed E-state index contributed by atoms with van der Waals surface area (Å²) in [5.74, 6) is 0.448. The standard InChI is InChI=1S/C11H20O2/c1-5-8(2)11(13)9(3)6-7-10(4)12/h5,8-9,11,13H,1,6-7H2,2-4H3. The van der Waals surface area contributed by atoms with E-state index in [1.165, 1.54) is 0 Å². The van der Waals surface area contributed by atoms with Gasteiger partial charge in [0.1, 0.15) is 5.78 Å². The SMILES string of the molecule is C=CC(C)C(O)C(C)CCC(C)=O. The van der Waals surface area contributed by atoms with E-state index in [0.717, 1.165) is 6.42 Å². The van der Waals surface area contributed by atoms with Gasteiger partial charge < -0.3 is 9.90 Å². The van der Waals surface area contributed by atoms with Gasteiger partial charge in [0.25, 0.3) is 0 Å². The van der Waals surface area contributed by atoms with Crippen molar-refractivity contribution in [3.05, 3.63) is 12.7 Å². The molecule has 76 valence electrons. The van der Waals surface area contributed by atoms with E-state index in [2.05, 4.69) is 6.58 Å². The Balaban J connectivity index is 3.87. The first-order valence-electron chi connectivity index (χ1n) is 4.79. The molecular weight excluding hydrogens is 164 g/mol. The second-order valence-electron chi connectivity index (χ2n) is 3.80. The molecule has 0 aromatic heterocycles. The molecule has 0 saturated carbocycles. The molecule has 2 heteroatoms. The van der Waals surface area contributed by atoms with E-state index in [1.54, 1.807) is 13.0 Å². The Morgan fingerprint density at radius 3 is 2.46 bits per heavy atom. The fourth-order valence-electron chi connectivity index (χ4n) is 1.26. The van der Waals surface area contributed by atoms with Crippen LogP contribution in [0.15, 0.2) is 12.7 Å². The molecule has 0 heterocycles. The maximum Gasteiger partial charge on any atom is 0.129 e. The van der Waals surface area contributed by atoms with Gasteiger partial charge >= 0.3 is 0 Å². The number of hydrogen-bond donors (Lipinski definition) is 1. The Hall–Kier alpha value is -0.630. The van der Waals surface area contributed by atoms with Crippen molar-refractivity contribution in [3.8, 4) is 0 Å². The number of aliphatic hydroxyl groups is 1. The third-order valence-electron chi connectivity index (χ3n) is 2.45. The van der Waals surface area contributed by atoms with Crippen LogP contribution >= 0.6 is 0 Å². The van der Waals surface area contributed by atoms with Crippen LogP contribution in [0, 0.1) is 11.8 Å². The summed E-state index contributed by atoms with van der Waals surface area (Å²) in [4.78, 5) is 10.7.